The third kappa shape index (κ3) is 5.50. The van der Waals surface area contributed by atoms with Crippen LogP contribution >= 0.6 is 22.6 Å². The number of halogens is 1. The molecule has 6 nitrogen and oxygen atoms in total. The molecule has 0 aliphatic heterocycles. The van der Waals surface area contributed by atoms with Gasteiger partial charge >= 0.3 is 0 Å². The third-order valence-electron chi connectivity index (χ3n) is 4.21. The second-order valence-corrected chi connectivity index (χ2v) is 7.37. The lowest BCUT2D eigenvalue weighted by atomic mass is 10.2. The Morgan fingerprint density at radius 2 is 1.70 bits per heavy atom. The maximum absolute atomic E-state index is 12.3. The zero-order chi connectivity index (χ0) is 21.3. The fourth-order valence-electron chi connectivity index (χ4n) is 2.74. The second kappa shape index (κ2) is 10.6. The number of nitrogens with zero attached hydrogens (tertiary/aromatic N) is 1. The molecule has 0 saturated heterocycles. The summed E-state index contributed by atoms with van der Waals surface area (Å²) in [6.07, 6.45) is 1.55. The van der Waals surface area contributed by atoms with Gasteiger partial charge in [0.05, 0.1) is 29.6 Å². The molecule has 0 fully saturated rings. The average Bonchev–Trinajstić information content (AvgIpc) is 2.78. The lowest BCUT2D eigenvalue weighted by Gasteiger charge is -2.13. The Hall–Kier alpha value is -3.07. The molecule has 0 radical (unpaired) electrons. The summed E-state index contributed by atoms with van der Waals surface area (Å²) in [6.45, 7) is 0.440. The Kier molecular flexibility index (Phi) is 7.67. The van der Waals surface area contributed by atoms with Crippen molar-refractivity contribution in [2.24, 2.45) is 5.10 Å². The molecule has 0 aliphatic rings. The van der Waals surface area contributed by atoms with E-state index in [1.807, 2.05) is 36.4 Å². The maximum atomic E-state index is 12.3. The van der Waals surface area contributed by atoms with Crippen molar-refractivity contribution in [1.82, 2.24) is 5.43 Å². The van der Waals surface area contributed by atoms with Gasteiger partial charge in [-0.05, 0) is 58.0 Å². The molecular weight excluding hydrogens is 495 g/mol. The smallest absolute Gasteiger partial charge is 0.275 e. The normalized spacial score (nSPS) is 10.6. The molecule has 1 N–H and O–H groups in total. The van der Waals surface area contributed by atoms with Crippen molar-refractivity contribution in [3.05, 3.63) is 87.0 Å². The summed E-state index contributed by atoms with van der Waals surface area (Å²) in [5, 5.41) is 4.05. The van der Waals surface area contributed by atoms with Gasteiger partial charge in [-0.15, -0.1) is 0 Å². The lowest BCUT2D eigenvalue weighted by Crippen LogP contribution is -2.18. The Labute approximate surface area is 189 Å². The van der Waals surface area contributed by atoms with Crippen LogP contribution in [0.2, 0.25) is 0 Å². The SMILES string of the molecule is COc1ccccc1C(=O)N/N=C\c1cc(I)c(OCc2ccccc2)c(OC)c1. The summed E-state index contributed by atoms with van der Waals surface area (Å²) in [6, 6.07) is 20.6. The second-order valence-electron chi connectivity index (χ2n) is 6.21. The molecule has 3 rings (SSSR count). The molecule has 0 saturated carbocycles. The number of nitrogens with one attached hydrogen (secondary N) is 1. The van der Waals surface area contributed by atoms with Crippen molar-refractivity contribution in [2.45, 2.75) is 6.61 Å². The minimum atomic E-state index is -0.354. The number of rotatable bonds is 8. The number of amides is 1. The molecule has 30 heavy (non-hydrogen) atoms. The summed E-state index contributed by atoms with van der Waals surface area (Å²) < 4.78 is 17.5. The molecule has 1 amide bonds. The minimum absolute atomic E-state index is 0.354. The summed E-state index contributed by atoms with van der Waals surface area (Å²) in [5.41, 5.74) is 4.76. The van der Waals surface area contributed by atoms with Gasteiger partial charge in [-0.2, -0.15) is 5.10 Å². The van der Waals surface area contributed by atoms with E-state index in [0.717, 1.165) is 14.7 Å². The molecule has 0 aliphatic carbocycles. The van der Waals surface area contributed by atoms with Gasteiger partial charge in [-0.25, -0.2) is 5.43 Å². The van der Waals surface area contributed by atoms with Gasteiger partial charge in [0.25, 0.3) is 5.91 Å². The van der Waals surface area contributed by atoms with Gasteiger partial charge in [0.2, 0.25) is 0 Å². The highest BCUT2D eigenvalue weighted by Crippen LogP contribution is 2.34. The van der Waals surface area contributed by atoms with Crippen LogP contribution in [0.3, 0.4) is 0 Å². The molecule has 0 heterocycles. The fourth-order valence-corrected chi connectivity index (χ4v) is 3.52. The van der Waals surface area contributed by atoms with Crippen molar-refractivity contribution in [1.29, 1.82) is 0 Å². The van der Waals surface area contributed by atoms with Crippen molar-refractivity contribution in [2.75, 3.05) is 14.2 Å². The Morgan fingerprint density at radius 3 is 2.43 bits per heavy atom. The molecule has 3 aromatic carbocycles. The van der Waals surface area contributed by atoms with Crippen LogP contribution in [0.5, 0.6) is 17.2 Å². The highest BCUT2D eigenvalue weighted by atomic mass is 127. The number of hydrazone groups is 1. The Balaban J connectivity index is 1.70. The first kappa shape index (κ1) is 21.6. The molecule has 0 atom stereocenters. The zero-order valence-corrected chi connectivity index (χ0v) is 18.8. The minimum Gasteiger partial charge on any atom is -0.496 e. The number of hydrogen-bond donors (Lipinski definition) is 1. The fraction of sp³-hybridized carbons (Fsp3) is 0.130. The highest BCUT2D eigenvalue weighted by molar-refractivity contribution is 14.1. The van der Waals surface area contributed by atoms with Crippen LogP contribution in [-0.4, -0.2) is 26.3 Å². The summed E-state index contributed by atoms with van der Waals surface area (Å²) in [5.74, 6) is 1.39. The number of carbonyl (C=O) groups excluding carboxylic acids is 1. The van der Waals surface area contributed by atoms with E-state index in [0.29, 0.717) is 29.4 Å². The van der Waals surface area contributed by atoms with Crippen LogP contribution in [-0.2, 0) is 6.61 Å². The van der Waals surface area contributed by atoms with Gasteiger partial charge in [0.15, 0.2) is 11.5 Å². The first-order valence-electron chi connectivity index (χ1n) is 9.13. The van der Waals surface area contributed by atoms with Gasteiger partial charge in [0, 0.05) is 0 Å². The van der Waals surface area contributed by atoms with Gasteiger partial charge in [-0.3, -0.25) is 4.79 Å². The molecule has 0 aromatic heterocycles. The number of benzene rings is 3. The van der Waals surface area contributed by atoms with E-state index in [-0.39, 0.29) is 5.91 Å². The predicted octanol–water partition coefficient (Wildman–Crippen LogP) is 4.65. The van der Waals surface area contributed by atoms with E-state index in [1.165, 1.54) is 7.11 Å². The van der Waals surface area contributed by atoms with Crippen molar-refractivity contribution >= 4 is 34.7 Å². The van der Waals surface area contributed by atoms with Gasteiger partial charge in [0.1, 0.15) is 12.4 Å². The van der Waals surface area contributed by atoms with Crippen molar-refractivity contribution in [3.63, 3.8) is 0 Å². The lowest BCUT2D eigenvalue weighted by molar-refractivity contribution is 0.0952. The first-order chi connectivity index (χ1) is 14.6. The monoisotopic (exact) mass is 516 g/mol. The number of methoxy groups -OCH3 is 2. The van der Waals surface area contributed by atoms with E-state index in [2.05, 4.69) is 33.1 Å². The standard InChI is InChI=1S/C23H21IN2O4/c1-28-20-11-7-6-10-18(20)23(27)26-25-14-17-12-19(24)22(21(13-17)29-2)30-15-16-8-4-3-5-9-16/h3-14H,15H2,1-2H3,(H,26,27)/b25-14-. The molecule has 154 valence electrons. The predicted molar refractivity (Wildman–Crippen MR) is 125 cm³/mol. The molecule has 0 spiro atoms. The average molecular weight is 516 g/mol. The van der Waals surface area contributed by atoms with Gasteiger partial charge in [-0.1, -0.05) is 42.5 Å². The largest absolute Gasteiger partial charge is 0.496 e. The molecule has 3 aromatic rings. The number of para-hydroxylation sites is 1. The Morgan fingerprint density at radius 1 is 1.00 bits per heavy atom. The van der Waals surface area contributed by atoms with Crippen LogP contribution in [0, 0.1) is 3.57 Å². The Bertz CT molecular complexity index is 1040. The van der Waals surface area contributed by atoms with Crippen LogP contribution in [0.25, 0.3) is 0 Å². The van der Waals surface area contributed by atoms with E-state index >= 15 is 0 Å². The van der Waals surface area contributed by atoms with Crippen molar-refractivity contribution < 1.29 is 19.0 Å². The molecule has 0 unspecified atom stereocenters. The van der Waals surface area contributed by atoms with E-state index in [4.69, 9.17) is 14.2 Å². The number of carbonyl (C=O) groups is 1. The van der Waals surface area contributed by atoms with Crippen LogP contribution in [0.1, 0.15) is 21.5 Å². The third-order valence-corrected chi connectivity index (χ3v) is 5.01. The zero-order valence-electron chi connectivity index (χ0n) is 16.6. The molecule has 0 bridgehead atoms. The molecular formula is C23H21IN2O4. The maximum Gasteiger partial charge on any atom is 0.275 e. The van der Waals surface area contributed by atoms with Crippen LogP contribution in [0.4, 0.5) is 0 Å². The highest BCUT2D eigenvalue weighted by Gasteiger charge is 2.12. The first-order valence-corrected chi connectivity index (χ1v) is 10.2. The number of ether oxygens (including phenoxy) is 3. The van der Waals surface area contributed by atoms with E-state index in [1.54, 1.807) is 43.7 Å². The van der Waals surface area contributed by atoms with E-state index < -0.39 is 0 Å². The van der Waals surface area contributed by atoms with Gasteiger partial charge < -0.3 is 14.2 Å². The van der Waals surface area contributed by atoms with Crippen LogP contribution < -0.4 is 19.6 Å². The summed E-state index contributed by atoms with van der Waals surface area (Å²) in [7, 11) is 3.11. The summed E-state index contributed by atoms with van der Waals surface area (Å²) in [4.78, 5) is 12.3. The quantitative estimate of drug-likeness (QED) is 0.269. The van der Waals surface area contributed by atoms with Crippen LogP contribution in [0.15, 0.2) is 71.8 Å². The summed E-state index contributed by atoms with van der Waals surface area (Å²) >= 11 is 2.19. The topological polar surface area (TPSA) is 69.2 Å². The molecule has 7 heteroatoms. The van der Waals surface area contributed by atoms with Crippen molar-refractivity contribution in [3.8, 4) is 17.2 Å². The van der Waals surface area contributed by atoms with E-state index in [9.17, 15) is 4.79 Å². The number of hydrogen-bond acceptors (Lipinski definition) is 5.